The number of phenolic OH excluding ortho intramolecular Hbond substituents is 1. The molecule has 194 valence electrons. The standard InChI is InChI=1S/C12H15BrO4.C10H9BrO2.C3H7BrO/c1-8-9(12(14)16-3)4-5-10(13)11(8)17-7-6-15-2;1-3-9(12)7-4-5-8(11)10(13)6(7)2;1-5-3-2-4/h4-5H,6-7H2,1-3H3;3-5,13H,1H2,2H3;2-3H2,1H3. The highest BCUT2D eigenvalue weighted by atomic mass is 79.9. The Kier molecular flexibility index (Phi) is 17.6. The molecule has 0 aliphatic carbocycles. The fourth-order valence-electron chi connectivity index (χ4n) is 2.52. The highest BCUT2D eigenvalue weighted by Crippen LogP contribution is 2.32. The van der Waals surface area contributed by atoms with E-state index in [9.17, 15) is 14.7 Å². The van der Waals surface area contributed by atoms with Gasteiger partial charge in [0.1, 0.15) is 18.1 Å². The van der Waals surface area contributed by atoms with Crippen LogP contribution in [0, 0.1) is 13.8 Å². The van der Waals surface area contributed by atoms with Gasteiger partial charge in [0.25, 0.3) is 0 Å². The minimum atomic E-state index is -0.369. The van der Waals surface area contributed by atoms with Gasteiger partial charge in [-0.2, -0.15) is 0 Å². The third-order valence-corrected chi connectivity index (χ3v) is 6.00. The van der Waals surface area contributed by atoms with E-state index in [2.05, 4.69) is 59.1 Å². The monoisotopic (exact) mass is 680 g/mol. The number of benzene rings is 2. The van der Waals surface area contributed by atoms with Crippen molar-refractivity contribution in [1.82, 2.24) is 0 Å². The van der Waals surface area contributed by atoms with Crippen molar-refractivity contribution in [2.75, 3.05) is 46.5 Å². The molecular weight excluding hydrogens is 652 g/mol. The van der Waals surface area contributed by atoms with E-state index in [4.69, 9.17) is 14.2 Å². The molecule has 0 heterocycles. The van der Waals surface area contributed by atoms with Gasteiger partial charge in [-0.1, -0.05) is 22.5 Å². The van der Waals surface area contributed by atoms with Gasteiger partial charge in [0, 0.05) is 36.2 Å². The first-order valence-corrected chi connectivity index (χ1v) is 13.0. The SMILES string of the molecule is C=CC(=O)c1ccc(Br)c(O)c1C.COCCBr.COCCOc1c(Br)ccc(C(=O)OC)c1C. The zero-order valence-corrected chi connectivity index (χ0v) is 25.2. The van der Waals surface area contributed by atoms with Crippen LogP contribution in [0.1, 0.15) is 31.8 Å². The smallest absolute Gasteiger partial charge is 0.338 e. The molecule has 0 fully saturated rings. The molecule has 0 amide bonds. The average molecular weight is 683 g/mol. The lowest BCUT2D eigenvalue weighted by molar-refractivity contribution is 0.0599. The lowest BCUT2D eigenvalue weighted by Crippen LogP contribution is -2.09. The largest absolute Gasteiger partial charge is 0.506 e. The van der Waals surface area contributed by atoms with Crippen LogP contribution in [0.3, 0.4) is 0 Å². The maximum atomic E-state index is 11.5. The van der Waals surface area contributed by atoms with Gasteiger partial charge in [-0.25, -0.2) is 4.79 Å². The number of alkyl halides is 1. The number of phenols is 1. The van der Waals surface area contributed by atoms with Crippen molar-refractivity contribution in [3.8, 4) is 11.5 Å². The summed E-state index contributed by atoms with van der Waals surface area (Å²) in [5.41, 5.74) is 2.31. The number of esters is 1. The van der Waals surface area contributed by atoms with Gasteiger partial charge in [0.2, 0.25) is 0 Å². The molecule has 0 aliphatic rings. The number of carbonyl (C=O) groups is 2. The first-order valence-electron chi connectivity index (χ1n) is 10.3. The second kappa shape index (κ2) is 18.5. The first-order chi connectivity index (χ1) is 16.6. The maximum absolute atomic E-state index is 11.5. The Bertz CT molecular complexity index is 976. The van der Waals surface area contributed by atoms with Gasteiger partial charge < -0.3 is 24.1 Å². The number of hydrogen-bond acceptors (Lipinski definition) is 7. The quantitative estimate of drug-likeness (QED) is 0.107. The van der Waals surface area contributed by atoms with E-state index in [1.54, 1.807) is 45.4 Å². The van der Waals surface area contributed by atoms with Gasteiger partial charge in [-0.3, -0.25) is 4.79 Å². The average Bonchev–Trinajstić information content (AvgIpc) is 2.85. The van der Waals surface area contributed by atoms with Crippen molar-refractivity contribution in [2.24, 2.45) is 0 Å². The molecule has 7 nitrogen and oxygen atoms in total. The van der Waals surface area contributed by atoms with Crippen LogP contribution in [-0.4, -0.2) is 63.3 Å². The van der Waals surface area contributed by atoms with Crippen LogP contribution in [0.25, 0.3) is 0 Å². The number of hydrogen-bond donors (Lipinski definition) is 1. The lowest BCUT2D eigenvalue weighted by atomic mass is 10.0. The minimum Gasteiger partial charge on any atom is -0.506 e. The summed E-state index contributed by atoms with van der Waals surface area (Å²) in [6.07, 6.45) is 1.23. The van der Waals surface area contributed by atoms with Crippen LogP contribution >= 0.6 is 47.8 Å². The second-order valence-corrected chi connectivity index (χ2v) is 9.20. The highest BCUT2D eigenvalue weighted by Gasteiger charge is 2.15. The molecule has 0 spiro atoms. The van der Waals surface area contributed by atoms with Crippen molar-refractivity contribution in [1.29, 1.82) is 0 Å². The zero-order chi connectivity index (χ0) is 27.0. The zero-order valence-electron chi connectivity index (χ0n) is 20.5. The van der Waals surface area contributed by atoms with E-state index in [0.29, 0.717) is 40.1 Å². The molecule has 10 heteroatoms. The first kappa shape index (κ1) is 33.3. The molecule has 2 aromatic rings. The van der Waals surface area contributed by atoms with Crippen molar-refractivity contribution in [3.05, 3.63) is 68.1 Å². The molecule has 0 aromatic heterocycles. The van der Waals surface area contributed by atoms with Crippen LogP contribution < -0.4 is 4.74 Å². The van der Waals surface area contributed by atoms with E-state index >= 15 is 0 Å². The van der Waals surface area contributed by atoms with E-state index in [-0.39, 0.29) is 17.5 Å². The Morgan fingerprint density at radius 3 is 1.97 bits per heavy atom. The minimum absolute atomic E-state index is 0.104. The van der Waals surface area contributed by atoms with Crippen molar-refractivity contribution < 1.29 is 33.6 Å². The third kappa shape index (κ3) is 11.3. The van der Waals surface area contributed by atoms with Crippen LogP contribution in [0.5, 0.6) is 11.5 Å². The van der Waals surface area contributed by atoms with Gasteiger partial charge in [0.05, 0.1) is 34.8 Å². The van der Waals surface area contributed by atoms with E-state index in [0.717, 1.165) is 22.0 Å². The van der Waals surface area contributed by atoms with E-state index < -0.39 is 0 Å². The number of rotatable bonds is 9. The van der Waals surface area contributed by atoms with Crippen molar-refractivity contribution in [3.63, 3.8) is 0 Å². The molecule has 2 rings (SSSR count). The maximum Gasteiger partial charge on any atom is 0.338 e. The normalized spacial score (nSPS) is 9.71. The molecule has 2 aromatic carbocycles. The van der Waals surface area contributed by atoms with Gasteiger partial charge in [0.15, 0.2) is 5.78 Å². The fraction of sp³-hybridized carbons (Fsp3) is 0.360. The summed E-state index contributed by atoms with van der Waals surface area (Å²) in [7, 11) is 4.65. The van der Waals surface area contributed by atoms with E-state index in [1.165, 1.54) is 13.2 Å². The van der Waals surface area contributed by atoms with Crippen molar-refractivity contribution in [2.45, 2.75) is 13.8 Å². The van der Waals surface area contributed by atoms with Crippen LogP contribution in [0.15, 0.2) is 45.9 Å². The Morgan fingerprint density at radius 1 is 0.914 bits per heavy atom. The topological polar surface area (TPSA) is 91.3 Å². The molecule has 0 unspecified atom stereocenters. The number of methoxy groups -OCH3 is 3. The number of allylic oxidation sites excluding steroid dienone is 1. The summed E-state index contributed by atoms with van der Waals surface area (Å²) < 4.78 is 21.2. The molecule has 0 bridgehead atoms. The van der Waals surface area contributed by atoms with Crippen molar-refractivity contribution >= 4 is 59.5 Å². The molecule has 0 radical (unpaired) electrons. The van der Waals surface area contributed by atoms with Gasteiger partial charge >= 0.3 is 5.97 Å². The highest BCUT2D eigenvalue weighted by molar-refractivity contribution is 9.11. The number of halogens is 3. The predicted octanol–water partition coefficient (Wildman–Crippen LogP) is 6.43. The Labute approximate surface area is 232 Å². The third-order valence-electron chi connectivity index (χ3n) is 4.41. The number of ketones is 1. The number of aromatic hydroxyl groups is 1. The fourth-order valence-corrected chi connectivity index (χ4v) is 3.81. The molecule has 0 saturated heterocycles. The molecule has 35 heavy (non-hydrogen) atoms. The van der Waals surface area contributed by atoms with Crippen LogP contribution in [-0.2, 0) is 14.2 Å². The molecule has 0 aliphatic heterocycles. The second-order valence-electron chi connectivity index (χ2n) is 6.70. The summed E-state index contributed by atoms with van der Waals surface area (Å²) in [6, 6.07) is 6.76. The Balaban J connectivity index is 0.000000567. The van der Waals surface area contributed by atoms with Gasteiger partial charge in [-0.05, 0) is 76.0 Å². The predicted molar refractivity (Wildman–Crippen MR) is 148 cm³/mol. The molecule has 0 atom stereocenters. The lowest BCUT2D eigenvalue weighted by Gasteiger charge is -2.13. The summed E-state index contributed by atoms with van der Waals surface area (Å²) in [5, 5.41) is 10.4. The molecule has 0 saturated carbocycles. The molecular formula is C25H31Br3O7. The number of carbonyl (C=O) groups excluding carboxylic acids is 2. The van der Waals surface area contributed by atoms with Crippen LogP contribution in [0.4, 0.5) is 0 Å². The number of ether oxygens (including phenoxy) is 4. The van der Waals surface area contributed by atoms with Gasteiger partial charge in [-0.15, -0.1) is 0 Å². The summed E-state index contributed by atoms with van der Waals surface area (Å²) in [5.74, 6) is 0.199. The van der Waals surface area contributed by atoms with E-state index in [1.807, 2.05) is 6.92 Å². The van der Waals surface area contributed by atoms with Crippen LogP contribution in [0.2, 0.25) is 0 Å². The Hall–Kier alpha value is -1.72. The summed E-state index contributed by atoms with van der Waals surface area (Å²) in [6.45, 7) is 8.63. The summed E-state index contributed by atoms with van der Waals surface area (Å²) in [4.78, 5) is 22.8. The Morgan fingerprint density at radius 2 is 1.49 bits per heavy atom. The molecule has 1 N–H and O–H groups in total. The summed E-state index contributed by atoms with van der Waals surface area (Å²) >= 11 is 9.74.